The fourth-order valence-electron chi connectivity index (χ4n) is 3.63. The van der Waals surface area contributed by atoms with Crippen molar-refractivity contribution in [1.29, 1.82) is 0 Å². The maximum Gasteiger partial charge on any atom is 0.302 e. The number of carbonyl (C=O) groups is 2. The van der Waals surface area contributed by atoms with E-state index in [0.29, 0.717) is 11.7 Å². The zero-order valence-corrected chi connectivity index (χ0v) is 10.4. The van der Waals surface area contributed by atoms with Gasteiger partial charge in [-0.05, 0) is 24.2 Å². The highest BCUT2D eigenvalue weighted by molar-refractivity contribution is 5.86. The van der Waals surface area contributed by atoms with Crippen molar-refractivity contribution in [2.24, 2.45) is 23.2 Å². The molecule has 0 aromatic rings. The van der Waals surface area contributed by atoms with Gasteiger partial charge in [0.2, 0.25) is 0 Å². The Morgan fingerprint density at radius 1 is 1.44 bits per heavy atom. The van der Waals surface area contributed by atoms with Crippen LogP contribution in [0.4, 0.5) is 0 Å². The van der Waals surface area contributed by atoms with Crippen molar-refractivity contribution in [3.8, 4) is 0 Å². The molecule has 0 aliphatic heterocycles. The first-order chi connectivity index (χ1) is 7.33. The van der Waals surface area contributed by atoms with Gasteiger partial charge in [0.15, 0.2) is 0 Å². The second-order valence-electron chi connectivity index (χ2n) is 5.98. The van der Waals surface area contributed by atoms with Crippen LogP contribution in [0.5, 0.6) is 0 Å². The number of Topliss-reactive ketones (excluding diaryl/α,β-unsaturated/α-hetero) is 1. The van der Waals surface area contributed by atoms with E-state index in [-0.39, 0.29) is 29.3 Å². The SMILES string of the molecule is CC(=O)O[C@H]1C[C@H]2[C@@H](C)C(=O)[C@H]1CC2(C)C. The minimum absolute atomic E-state index is 0.0705. The lowest BCUT2D eigenvalue weighted by Crippen LogP contribution is -2.55. The van der Waals surface area contributed by atoms with Gasteiger partial charge in [0.1, 0.15) is 11.9 Å². The summed E-state index contributed by atoms with van der Waals surface area (Å²) in [5, 5.41) is 0. The van der Waals surface area contributed by atoms with Crippen LogP contribution in [-0.2, 0) is 14.3 Å². The van der Waals surface area contributed by atoms with Crippen molar-refractivity contribution < 1.29 is 14.3 Å². The molecule has 3 aliphatic carbocycles. The number of ketones is 1. The summed E-state index contributed by atoms with van der Waals surface area (Å²) in [5.41, 5.74) is 0.203. The van der Waals surface area contributed by atoms with Crippen LogP contribution in [-0.4, -0.2) is 17.9 Å². The highest BCUT2D eigenvalue weighted by Crippen LogP contribution is 2.53. The third-order valence-electron chi connectivity index (χ3n) is 4.42. The van der Waals surface area contributed by atoms with Crippen molar-refractivity contribution in [2.45, 2.75) is 46.6 Å². The van der Waals surface area contributed by atoms with E-state index in [1.165, 1.54) is 6.92 Å². The number of hydrogen-bond donors (Lipinski definition) is 0. The Morgan fingerprint density at radius 3 is 2.62 bits per heavy atom. The van der Waals surface area contributed by atoms with Crippen LogP contribution in [0.1, 0.15) is 40.5 Å². The summed E-state index contributed by atoms with van der Waals surface area (Å²) in [6.45, 7) is 7.88. The zero-order valence-electron chi connectivity index (χ0n) is 10.4. The molecule has 0 aromatic carbocycles. The average molecular weight is 224 g/mol. The number of rotatable bonds is 1. The van der Waals surface area contributed by atoms with E-state index in [9.17, 15) is 9.59 Å². The third-order valence-corrected chi connectivity index (χ3v) is 4.42. The minimum Gasteiger partial charge on any atom is -0.462 e. The maximum atomic E-state index is 12.1. The van der Waals surface area contributed by atoms with Gasteiger partial charge in [0, 0.05) is 12.8 Å². The van der Waals surface area contributed by atoms with E-state index < -0.39 is 0 Å². The Bertz CT molecular complexity index is 332. The van der Waals surface area contributed by atoms with Crippen LogP contribution >= 0.6 is 0 Å². The summed E-state index contributed by atoms with van der Waals surface area (Å²) < 4.78 is 5.28. The number of hydrogen-bond acceptors (Lipinski definition) is 3. The molecule has 3 rings (SSSR count). The van der Waals surface area contributed by atoms with Crippen LogP contribution in [0.15, 0.2) is 0 Å². The molecule has 90 valence electrons. The lowest BCUT2D eigenvalue weighted by molar-refractivity contribution is -0.172. The molecule has 0 amide bonds. The summed E-state index contributed by atoms with van der Waals surface area (Å²) in [6, 6.07) is 0. The third kappa shape index (κ3) is 1.66. The predicted molar refractivity (Wildman–Crippen MR) is 59.7 cm³/mol. The van der Waals surface area contributed by atoms with E-state index in [4.69, 9.17) is 4.74 Å². The van der Waals surface area contributed by atoms with Crippen LogP contribution in [0.2, 0.25) is 0 Å². The maximum absolute atomic E-state index is 12.1. The van der Waals surface area contributed by atoms with Crippen molar-refractivity contribution >= 4 is 11.8 Å². The first-order valence-corrected chi connectivity index (χ1v) is 6.04. The largest absolute Gasteiger partial charge is 0.462 e. The summed E-state index contributed by atoms with van der Waals surface area (Å²) in [7, 11) is 0. The van der Waals surface area contributed by atoms with Gasteiger partial charge in [-0.1, -0.05) is 20.8 Å². The normalized spacial score (nSPS) is 40.9. The summed E-state index contributed by atoms with van der Waals surface area (Å²) >= 11 is 0. The topological polar surface area (TPSA) is 43.4 Å². The number of ether oxygens (including phenoxy) is 1. The second kappa shape index (κ2) is 3.57. The number of carbonyl (C=O) groups excluding carboxylic acids is 2. The Morgan fingerprint density at radius 2 is 2.06 bits per heavy atom. The van der Waals surface area contributed by atoms with E-state index in [1.54, 1.807) is 0 Å². The van der Waals surface area contributed by atoms with E-state index in [2.05, 4.69) is 13.8 Å². The summed E-state index contributed by atoms with van der Waals surface area (Å²) in [4.78, 5) is 23.1. The standard InChI is InChI=1S/C13H20O3/c1-7-10-5-11(16-8(2)14)9(12(7)15)6-13(10,3)4/h7,9-11H,5-6H2,1-4H3/t7-,9+,10+,11+/m1/s1. The fraction of sp³-hybridized carbons (Fsp3) is 0.846. The van der Waals surface area contributed by atoms with Crippen molar-refractivity contribution in [3.63, 3.8) is 0 Å². The Balaban J connectivity index is 2.22. The molecule has 0 heterocycles. The summed E-state index contributed by atoms with van der Waals surface area (Å²) in [5.74, 6) is 0.437. The van der Waals surface area contributed by atoms with Gasteiger partial charge in [-0.3, -0.25) is 9.59 Å². The van der Waals surface area contributed by atoms with Crippen LogP contribution < -0.4 is 0 Å². The molecule has 2 bridgehead atoms. The molecule has 3 fully saturated rings. The summed E-state index contributed by atoms with van der Waals surface area (Å²) in [6.07, 6.45) is 1.54. The van der Waals surface area contributed by atoms with Gasteiger partial charge in [0.25, 0.3) is 0 Å². The second-order valence-corrected chi connectivity index (χ2v) is 5.98. The van der Waals surface area contributed by atoms with Crippen LogP contribution in [0.3, 0.4) is 0 Å². The first kappa shape index (κ1) is 11.6. The molecule has 0 N–H and O–H groups in total. The quantitative estimate of drug-likeness (QED) is 0.641. The fourth-order valence-corrected chi connectivity index (χ4v) is 3.63. The zero-order chi connectivity index (χ0) is 12.1. The molecule has 3 heteroatoms. The smallest absolute Gasteiger partial charge is 0.302 e. The van der Waals surface area contributed by atoms with Crippen molar-refractivity contribution in [2.75, 3.05) is 0 Å². The van der Waals surface area contributed by atoms with Crippen LogP contribution in [0.25, 0.3) is 0 Å². The van der Waals surface area contributed by atoms with Gasteiger partial charge in [-0.2, -0.15) is 0 Å². The number of fused-ring (bicyclic) bond motifs is 3. The molecule has 3 aliphatic rings. The van der Waals surface area contributed by atoms with Gasteiger partial charge in [0.05, 0.1) is 5.92 Å². The van der Waals surface area contributed by atoms with E-state index in [0.717, 1.165) is 12.8 Å². The average Bonchev–Trinajstić information content (AvgIpc) is 2.14. The minimum atomic E-state index is -0.268. The Labute approximate surface area is 96.5 Å². The highest BCUT2D eigenvalue weighted by Gasteiger charge is 2.55. The molecule has 0 radical (unpaired) electrons. The monoisotopic (exact) mass is 224 g/mol. The van der Waals surface area contributed by atoms with E-state index in [1.807, 2.05) is 6.92 Å². The number of esters is 1. The van der Waals surface area contributed by atoms with Gasteiger partial charge in [-0.25, -0.2) is 0 Å². The van der Waals surface area contributed by atoms with E-state index >= 15 is 0 Å². The van der Waals surface area contributed by atoms with Crippen molar-refractivity contribution in [3.05, 3.63) is 0 Å². The molecule has 0 aromatic heterocycles. The van der Waals surface area contributed by atoms with Crippen molar-refractivity contribution in [1.82, 2.24) is 0 Å². The highest BCUT2D eigenvalue weighted by atomic mass is 16.5. The molecule has 4 atom stereocenters. The lowest BCUT2D eigenvalue weighted by Gasteiger charge is -2.53. The van der Waals surface area contributed by atoms with Crippen LogP contribution in [0, 0.1) is 23.2 Å². The molecule has 16 heavy (non-hydrogen) atoms. The molecular formula is C13H20O3. The molecular weight excluding hydrogens is 204 g/mol. The molecule has 3 nitrogen and oxygen atoms in total. The first-order valence-electron chi connectivity index (χ1n) is 6.04. The lowest BCUT2D eigenvalue weighted by atomic mass is 9.52. The molecule has 0 unspecified atom stereocenters. The Hall–Kier alpha value is -0.860. The van der Waals surface area contributed by atoms with Gasteiger partial charge in [-0.15, -0.1) is 0 Å². The van der Waals surface area contributed by atoms with Gasteiger partial charge < -0.3 is 4.74 Å². The van der Waals surface area contributed by atoms with Gasteiger partial charge >= 0.3 is 5.97 Å². The molecule has 0 spiro atoms. The molecule has 3 saturated carbocycles. The predicted octanol–water partition coefficient (Wildman–Crippen LogP) is 2.19. The molecule has 0 saturated heterocycles. The Kier molecular flexibility index (Phi) is 2.59.